The Labute approximate surface area is 217 Å². The van der Waals surface area contributed by atoms with E-state index in [2.05, 4.69) is 10.6 Å². The molecule has 0 radical (unpaired) electrons. The number of ether oxygens (including phenoxy) is 1. The maximum absolute atomic E-state index is 13.8. The fourth-order valence-corrected chi connectivity index (χ4v) is 4.44. The molecule has 3 N–H and O–H groups in total. The van der Waals surface area contributed by atoms with E-state index in [0.717, 1.165) is 16.7 Å². The number of amides is 2. The van der Waals surface area contributed by atoms with Crippen molar-refractivity contribution in [2.45, 2.75) is 72.7 Å². The molecule has 0 saturated heterocycles. The van der Waals surface area contributed by atoms with Crippen LogP contribution in [0.3, 0.4) is 0 Å². The van der Waals surface area contributed by atoms with Crippen LogP contribution in [0.15, 0.2) is 53.3 Å². The van der Waals surface area contributed by atoms with Gasteiger partial charge in [0.2, 0.25) is 0 Å². The minimum absolute atomic E-state index is 0.0891. The number of aromatic nitrogens is 1. The lowest BCUT2D eigenvalue weighted by Crippen LogP contribution is -2.35. The number of nitrogens with zero attached hydrogens (tertiary/aromatic N) is 1. The number of fused-ring (bicyclic) bond motifs is 1. The first kappa shape index (κ1) is 27.8. The summed E-state index contributed by atoms with van der Waals surface area (Å²) < 4.78 is 7.18. The number of carbonyl (C=O) groups excluding carboxylic acids is 1. The SMILES string of the molecule is CCC(NC(=O)O)c1ccc2c(=O)n(CC(C)C)c(CNC(=O)OC(C)(C)C)c(-c3ccccc3)c2c1. The first-order valence-corrected chi connectivity index (χ1v) is 12.6. The summed E-state index contributed by atoms with van der Waals surface area (Å²) in [5, 5.41) is 16.0. The highest BCUT2D eigenvalue weighted by Gasteiger charge is 2.22. The van der Waals surface area contributed by atoms with Crippen molar-refractivity contribution < 1.29 is 19.4 Å². The third-order valence-electron chi connectivity index (χ3n) is 5.92. The Bertz CT molecular complexity index is 1320. The molecule has 0 bridgehead atoms. The Balaban J connectivity index is 2.31. The van der Waals surface area contributed by atoms with Gasteiger partial charge in [-0.1, -0.05) is 57.2 Å². The summed E-state index contributed by atoms with van der Waals surface area (Å²) in [5.74, 6) is 0.183. The second-order valence-electron chi connectivity index (χ2n) is 10.6. The fraction of sp³-hybridized carbons (Fsp3) is 0.414. The van der Waals surface area contributed by atoms with Crippen molar-refractivity contribution in [2.75, 3.05) is 0 Å². The van der Waals surface area contributed by atoms with Crippen LogP contribution in [0.25, 0.3) is 21.9 Å². The largest absolute Gasteiger partial charge is 0.465 e. The minimum atomic E-state index is -1.11. The van der Waals surface area contributed by atoms with Gasteiger partial charge in [0.1, 0.15) is 5.60 Å². The highest BCUT2D eigenvalue weighted by Crippen LogP contribution is 2.33. The summed E-state index contributed by atoms with van der Waals surface area (Å²) in [7, 11) is 0. The summed E-state index contributed by atoms with van der Waals surface area (Å²) in [6.07, 6.45) is -1.12. The summed E-state index contributed by atoms with van der Waals surface area (Å²) in [6, 6.07) is 14.7. The molecular formula is C29H37N3O5. The second-order valence-corrected chi connectivity index (χ2v) is 10.6. The third-order valence-corrected chi connectivity index (χ3v) is 5.92. The van der Waals surface area contributed by atoms with Gasteiger partial charge < -0.3 is 25.0 Å². The van der Waals surface area contributed by atoms with E-state index in [1.165, 1.54) is 0 Å². The normalized spacial score (nSPS) is 12.4. The van der Waals surface area contributed by atoms with E-state index in [9.17, 15) is 19.5 Å². The topological polar surface area (TPSA) is 110 Å². The number of hydrogen-bond acceptors (Lipinski definition) is 4. The summed E-state index contributed by atoms with van der Waals surface area (Å²) in [4.78, 5) is 37.7. The maximum Gasteiger partial charge on any atom is 0.407 e. The molecule has 1 aromatic heterocycles. The van der Waals surface area contributed by atoms with Crippen LogP contribution >= 0.6 is 0 Å². The number of nitrogens with one attached hydrogen (secondary N) is 2. The van der Waals surface area contributed by atoms with Gasteiger partial charge in [0.25, 0.3) is 5.56 Å². The van der Waals surface area contributed by atoms with Crippen LogP contribution in [-0.2, 0) is 17.8 Å². The minimum Gasteiger partial charge on any atom is -0.465 e. The molecule has 0 aliphatic heterocycles. The number of pyridine rings is 1. The number of hydrogen-bond donors (Lipinski definition) is 3. The van der Waals surface area contributed by atoms with Gasteiger partial charge in [-0.25, -0.2) is 9.59 Å². The summed E-state index contributed by atoms with van der Waals surface area (Å²) in [5.41, 5.74) is 2.33. The summed E-state index contributed by atoms with van der Waals surface area (Å²) in [6.45, 7) is 11.9. The summed E-state index contributed by atoms with van der Waals surface area (Å²) >= 11 is 0. The van der Waals surface area contributed by atoms with Gasteiger partial charge in [-0.2, -0.15) is 0 Å². The average Bonchev–Trinajstić information content (AvgIpc) is 2.82. The number of carbonyl (C=O) groups is 2. The van der Waals surface area contributed by atoms with Crippen molar-refractivity contribution in [1.29, 1.82) is 0 Å². The van der Waals surface area contributed by atoms with Gasteiger partial charge in [-0.05, 0) is 61.8 Å². The van der Waals surface area contributed by atoms with Gasteiger partial charge in [0, 0.05) is 23.2 Å². The molecule has 8 heteroatoms. The zero-order valence-corrected chi connectivity index (χ0v) is 22.4. The molecule has 0 spiro atoms. The molecule has 3 aromatic rings. The van der Waals surface area contributed by atoms with Gasteiger partial charge in [-0.15, -0.1) is 0 Å². The van der Waals surface area contributed by atoms with Crippen molar-refractivity contribution in [2.24, 2.45) is 5.92 Å². The predicted octanol–water partition coefficient (Wildman–Crippen LogP) is 6.07. The number of carboxylic acid groups (broad SMARTS) is 1. The Hall–Kier alpha value is -3.81. The van der Waals surface area contributed by atoms with Gasteiger partial charge in [0.15, 0.2) is 0 Å². The second kappa shape index (κ2) is 11.5. The van der Waals surface area contributed by atoms with Gasteiger partial charge >= 0.3 is 12.2 Å². The molecule has 1 unspecified atom stereocenters. The van der Waals surface area contributed by atoms with E-state index < -0.39 is 23.8 Å². The molecule has 0 fully saturated rings. The Morgan fingerprint density at radius 2 is 1.73 bits per heavy atom. The van der Waals surface area contributed by atoms with Crippen LogP contribution in [0.1, 0.15) is 65.3 Å². The molecule has 8 nitrogen and oxygen atoms in total. The lowest BCUT2D eigenvalue weighted by Gasteiger charge is -2.24. The zero-order chi connectivity index (χ0) is 27.3. The molecule has 1 atom stereocenters. The molecular weight excluding hydrogens is 470 g/mol. The number of rotatable bonds is 8. The molecule has 2 aromatic carbocycles. The molecule has 0 aliphatic rings. The standard InChI is InChI=1S/C29H37N3O5/c1-7-23(31-27(34)35)20-13-14-21-22(15-20)25(19-11-9-8-10-12-19)24(32(26(21)33)17-18(2)3)16-30-28(36)37-29(4,5)6/h8-15,18,23,31H,7,16-17H2,1-6H3,(H,30,36)(H,34,35). The van der Waals surface area contributed by atoms with E-state index in [-0.39, 0.29) is 18.0 Å². The van der Waals surface area contributed by atoms with Crippen LogP contribution in [0, 0.1) is 5.92 Å². The van der Waals surface area contributed by atoms with E-state index in [1.807, 2.05) is 57.2 Å². The van der Waals surface area contributed by atoms with Crippen LogP contribution in [0.4, 0.5) is 9.59 Å². The van der Waals surface area contributed by atoms with E-state index in [1.54, 1.807) is 37.5 Å². The van der Waals surface area contributed by atoms with Crippen molar-refractivity contribution >= 4 is 23.0 Å². The molecule has 198 valence electrons. The quantitative estimate of drug-likeness (QED) is 0.343. The van der Waals surface area contributed by atoms with Crippen LogP contribution < -0.4 is 16.2 Å². The highest BCUT2D eigenvalue weighted by atomic mass is 16.6. The third kappa shape index (κ3) is 6.90. The molecule has 3 rings (SSSR count). The van der Waals surface area contributed by atoms with Crippen molar-refractivity contribution in [3.05, 3.63) is 70.1 Å². The molecule has 2 amide bonds. The first-order valence-electron chi connectivity index (χ1n) is 12.6. The molecule has 1 heterocycles. The van der Waals surface area contributed by atoms with Gasteiger partial charge in [-0.3, -0.25) is 4.79 Å². The first-order chi connectivity index (χ1) is 17.4. The van der Waals surface area contributed by atoms with Crippen LogP contribution in [-0.4, -0.2) is 27.5 Å². The van der Waals surface area contributed by atoms with E-state index >= 15 is 0 Å². The van der Waals surface area contributed by atoms with Crippen molar-refractivity contribution in [1.82, 2.24) is 15.2 Å². The van der Waals surface area contributed by atoms with E-state index in [0.29, 0.717) is 29.4 Å². The Morgan fingerprint density at radius 1 is 1.05 bits per heavy atom. The van der Waals surface area contributed by atoms with E-state index in [4.69, 9.17) is 4.74 Å². The Kier molecular flexibility index (Phi) is 8.63. The predicted molar refractivity (Wildman–Crippen MR) is 146 cm³/mol. The monoisotopic (exact) mass is 507 g/mol. The van der Waals surface area contributed by atoms with Crippen molar-refractivity contribution in [3.63, 3.8) is 0 Å². The van der Waals surface area contributed by atoms with Crippen molar-refractivity contribution in [3.8, 4) is 11.1 Å². The molecule has 0 aliphatic carbocycles. The Morgan fingerprint density at radius 3 is 2.30 bits per heavy atom. The number of benzene rings is 2. The zero-order valence-electron chi connectivity index (χ0n) is 22.4. The van der Waals surface area contributed by atoms with Gasteiger partial charge in [0.05, 0.1) is 12.6 Å². The molecule has 0 saturated carbocycles. The molecule has 37 heavy (non-hydrogen) atoms. The lowest BCUT2D eigenvalue weighted by molar-refractivity contribution is 0.0522. The smallest absolute Gasteiger partial charge is 0.407 e. The average molecular weight is 508 g/mol. The maximum atomic E-state index is 13.8. The number of alkyl carbamates (subject to hydrolysis) is 1. The fourth-order valence-electron chi connectivity index (χ4n) is 4.44. The highest BCUT2D eigenvalue weighted by molar-refractivity contribution is 5.98. The van der Waals surface area contributed by atoms with Crippen LogP contribution in [0.2, 0.25) is 0 Å². The lowest BCUT2D eigenvalue weighted by atomic mass is 9.93. The van der Waals surface area contributed by atoms with Crippen LogP contribution in [0.5, 0.6) is 0 Å².